The highest BCUT2D eigenvalue weighted by atomic mass is 32.2. The fraction of sp³-hybridized carbons (Fsp3) is 0.344. The normalized spacial score (nSPS) is 11.8. The summed E-state index contributed by atoms with van der Waals surface area (Å²) in [5.74, 6) is 0.859. The zero-order valence-corrected chi connectivity index (χ0v) is 24.7. The lowest BCUT2D eigenvalue weighted by Crippen LogP contribution is -2.25. The summed E-state index contributed by atoms with van der Waals surface area (Å²) in [6, 6.07) is 20.8. The lowest BCUT2D eigenvalue weighted by Gasteiger charge is -2.20. The lowest BCUT2D eigenvalue weighted by molar-refractivity contribution is -0.145. The van der Waals surface area contributed by atoms with E-state index in [9.17, 15) is 14.0 Å². The highest BCUT2D eigenvalue weighted by Gasteiger charge is 2.26. The molecule has 0 fully saturated rings. The average Bonchev–Trinajstić information content (AvgIpc) is 3.31. The Labute approximate surface area is 244 Å². The summed E-state index contributed by atoms with van der Waals surface area (Å²) in [5.41, 5.74) is 3.79. The van der Waals surface area contributed by atoms with Crippen LogP contribution in [0, 0.1) is 13.8 Å². The number of carbonyl (C=O) groups excluding carboxylic acids is 1. The van der Waals surface area contributed by atoms with Gasteiger partial charge in [-0.25, -0.2) is 14.0 Å². The van der Waals surface area contributed by atoms with E-state index in [-0.39, 0.29) is 17.5 Å². The number of hydrogen-bond acceptors (Lipinski definition) is 6. The van der Waals surface area contributed by atoms with E-state index in [1.54, 1.807) is 47.5 Å². The van der Waals surface area contributed by atoms with Gasteiger partial charge < -0.3 is 9.47 Å². The minimum Gasteiger partial charge on any atom is -0.482 e. The van der Waals surface area contributed by atoms with Gasteiger partial charge in [-0.3, -0.25) is 4.57 Å². The van der Waals surface area contributed by atoms with E-state index >= 15 is 0 Å². The predicted octanol–water partition coefficient (Wildman–Crippen LogP) is 6.74. The van der Waals surface area contributed by atoms with Crippen LogP contribution in [-0.2, 0) is 22.8 Å². The van der Waals surface area contributed by atoms with Crippen molar-refractivity contribution < 1.29 is 18.7 Å². The van der Waals surface area contributed by atoms with Crippen molar-refractivity contribution in [3.63, 3.8) is 0 Å². The standard InChI is InChI=1S/C32H36FN3O4S/c1-5-7-17-35-31(34-36(32(35)38)26-15-13-24(20-33)14-16-26)30(25-11-9-8-10-12-25)41-28-19-22(3)27(18-23(28)4)40-21-29(37)39-6-2/h8-16,18-19,30H,5-7,17,20-21H2,1-4H3. The largest absolute Gasteiger partial charge is 0.482 e. The summed E-state index contributed by atoms with van der Waals surface area (Å²) in [6.45, 7) is 7.91. The molecule has 0 radical (unpaired) electrons. The van der Waals surface area contributed by atoms with Crippen LogP contribution in [0.25, 0.3) is 5.69 Å². The molecule has 0 saturated heterocycles. The van der Waals surface area contributed by atoms with Crippen LogP contribution in [0.1, 0.15) is 60.0 Å². The third-order valence-corrected chi connectivity index (χ3v) is 8.08. The molecule has 1 atom stereocenters. The third-order valence-electron chi connectivity index (χ3n) is 6.67. The summed E-state index contributed by atoms with van der Waals surface area (Å²) in [6.07, 6.45) is 1.76. The first-order chi connectivity index (χ1) is 19.9. The summed E-state index contributed by atoms with van der Waals surface area (Å²) < 4.78 is 27.0. The number of carbonyl (C=O) groups is 1. The summed E-state index contributed by atoms with van der Waals surface area (Å²) >= 11 is 1.62. The minimum atomic E-state index is -0.566. The average molecular weight is 578 g/mol. The number of halogens is 1. The van der Waals surface area contributed by atoms with Gasteiger partial charge in [-0.2, -0.15) is 4.68 Å². The van der Waals surface area contributed by atoms with Crippen LogP contribution in [-0.4, -0.2) is 33.5 Å². The van der Waals surface area contributed by atoms with Gasteiger partial charge >= 0.3 is 11.7 Å². The number of ether oxygens (including phenoxy) is 2. The molecule has 0 spiro atoms. The molecule has 3 aromatic carbocycles. The van der Waals surface area contributed by atoms with Gasteiger partial charge in [0, 0.05) is 11.4 Å². The first-order valence-electron chi connectivity index (χ1n) is 13.8. The molecule has 1 aromatic heterocycles. The number of esters is 1. The Balaban J connectivity index is 1.76. The molecule has 0 N–H and O–H groups in total. The van der Waals surface area contributed by atoms with Gasteiger partial charge in [-0.15, -0.1) is 16.9 Å². The van der Waals surface area contributed by atoms with Crippen molar-refractivity contribution in [2.24, 2.45) is 0 Å². The number of unbranched alkanes of at least 4 members (excludes halogenated alkanes) is 1. The van der Waals surface area contributed by atoms with E-state index in [2.05, 4.69) is 6.92 Å². The lowest BCUT2D eigenvalue weighted by atomic mass is 10.1. The van der Waals surface area contributed by atoms with E-state index < -0.39 is 12.6 Å². The second-order valence-electron chi connectivity index (χ2n) is 9.74. The number of nitrogens with zero attached hydrogens (tertiary/aromatic N) is 3. The monoisotopic (exact) mass is 577 g/mol. The maximum Gasteiger partial charge on any atom is 0.350 e. The molecular weight excluding hydrogens is 541 g/mol. The number of benzene rings is 3. The van der Waals surface area contributed by atoms with Crippen LogP contribution in [0.15, 0.2) is 76.4 Å². The van der Waals surface area contributed by atoms with E-state index in [0.717, 1.165) is 34.4 Å². The summed E-state index contributed by atoms with van der Waals surface area (Å²) in [7, 11) is 0. The molecule has 0 aliphatic rings. The Morgan fingerprint density at radius 3 is 2.41 bits per heavy atom. The summed E-state index contributed by atoms with van der Waals surface area (Å²) in [4.78, 5) is 26.5. The smallest absolute Gasteiger partial charge is 0.350 e. The number of aryl methyl sites for hydroxylation is 2. The van der Waals surface area contributed by atoms with Gasteiger partial charge in [0.05, 0.1) is 17.5 Å². The highest BCUT2D eigenvalue weighted by molar-refractivity contribution is 7.99. The first kappa shape index (κ1) is 30.1. The van der Waals surface area contributed by atoms with E-state index in [1.807, 2.05) is 56.3 Å². The van der Waals surface area contributed by atoms with Gasteiger partial charge in [0.15, 0.2) is 12.4 Å². The molecule has 1 heterocycles. The second kappa shape index (κ2) is 14.2. The molecule has 0 amide bonds. The van der Waals surface area contributed by atoms with E-state index in [0.29, 0.717) is 36.0 Å². The van der Waals surface area contributed by atoms with Crippen molar-refractivity contribution in [2.75, 3.05) is 13.2 Å². The van der Waals surface area contributed by atoms with Crippen LogP contribution in [0.5, 0.6) is 5.75 Å². The number of aromatic nitrogens is 3. The van der Waals surface area contributed by atoms with Crippen molar-refractivity contribution in [1.82, 2.24) is 14.3 Å². The molecule has 0 saturated carbocycles. The van der Waals surface area contributed by atoms with E-state index in [4.69, 9.17) is 14.6 Å². The molecular formula is C32H36FN3O4S. The van der Waals surface area contributed by atoms with Gasteiger partial charge in [-0.05, 0) is 73.7 Å². The molecule has 4 aromatic rings. The maximum atomic E-state index is 13.7. The Hall–Kier alpha value is -3.85. The number of alkyl halides is 1. The van der Waals surface area contributed by atoms with Crippen molar-refractivity contribution >= 4 is 17.7 Å². The Bertz CT molecular complexity index is 1520. The number of hydrogen-bond donors (Lipinski definition) is 0. The quantitative estimate of drug-likeness (QED) is 0.129. The predicted molar refractivity (Wildman–Crippen MR) is 160 cm³/mol. The molecule has 7 nitrogen and oxygen atoms in total. The zero-order chi connectivity index (χ0) is 29.4. The van der Waals surface area contributed by atoms with Crippen molar-refractivity contribution in [1.29, 1.82) is 0 Å². The fourth-order valence-electron chi connectivity index (χ4n) is 4.44. The maximum absolute atomic E-state index is 13.7. The van der Waals surface area contributed by atoms with Crippen LogP contribution >= 0.6 is 11.8 Å². The molecule has 216 valence electrons. The van der Waals surface area contributed by atoms with Crippen LogP contribution in [0.3, 0.4) is 0 Å². The number of thioether (sulfide) groups is 1. The molecule has 0 aliphatic heterocycles. The van der Waals surface area contributed by atoms with Crippen LogP contribution in [0.2, 0.25) is 0 Å². The van der Waals surface area contributed by atoms with Crippen LogP contribution < -0.4 is 10.4 Å². The topological polar surface area (TPSA) is 75.3 Å². The van der Waals surface area contributed by atoms with Crippen LogP contribution in [0.4, 0.5) is 4.39 Å². The zero-order valence-electron chi connectivity index (χ0n) is 23.9. The Morgan fingerprint density at radius 1 is 1.02 bits per heavy atom. The number of rotatable bonds is 13. The summed E-state index contributed by atoms with van der Waals surface area (Å²) in [5, 5.41) is 4.59. The highest BCUT2D eigenvalue weighted by Crippen LogP contribution is 2.42. The Kier molecular flexibility index (Phi) is 10.4. The molecule has 0 aliphatic carbocycles. The van der Waals surface area contributed by atoms with Crippen molar-refractivity contribution in [3.05, 3.63) is 105 Å². The molecule has 9 heteroatoms. The van der Waals surface area contributed by atoms with E-state index in [1.165, 1.54) is 4.68 Å². The van der Waals surface area contributed by atoms with Gasteiger partial charge in [0.1, 0.15) is 12.4 Å². The second-order valence-corrected chi connectivity index (χ2v) is 10.9. The first-order valence-corrected chi connectivity index (χ1v) is 14.7. The SMILES string of the molecule is CCCCn1c(C(Sc2cc(C)c(OCC(=O)OCC)cc2C)c2ccccc2)nn(-c2ccc(CF)cc2)c1=O. The van der Waals surface area contributed by atoms with Gasteiger partial charge in [0.2, 0.25) is 0 Å². The van der Waals surface area contributed by atoms with Crippen molar-refractivity contribution in [2.45, 2.75) is 63.9 Å². The Morgan fingerprint density at radius 2 is 1.76 bits per heavy atom. The fourth-order valence-corrected chi connectivity index (χ4v) is 5.75. The van der Waals surface area contributed by atoms with Gasteiger partial charge in [0.25, 0.3) is 0 Å². The van der Waals surface area contributed by atoms with Crippen molar-refractivity contribution in [3.8, 4) is 11.4 Å². The minimum absolute atomic E-state index is 0.152. The molecule has 41 heavy (non-hydrogen) atoms. The molecule has 4 rings (SSSR count). The molecule has 1 unspecified atom stereocenters. The third kappa shape index (κ3) is 7.27. The molecule has 0 bridgehead atoms. The van der Waals surface area contributed by atoms with Gasteiger partial charge in [-0.1, -0.05) is 55.8 Å².